The van der Waals surface area contributed by atoms with Gasteiger partial charge in [-0.1, -0.05) is 60.7 Å². The van der Waals surface area contributed by atoms with Crippen LogP contribution in [0.2, 0.25) is 0 Å². The van der Waals surface area contributed by atoms with Gasteiger partial charge in [-0.15, -0.1) is 0 Å². The topological polar surface area (TPSA) is 58.1 Å². The molecular formula is C25H28N4O. The maximum absolute atomic E-state index is 13.4. The summed E-state index contributed by atoms with van der Waals surface area (Å²) >= 11 is 0. The Morgan fingerprint density at radius 2 is 1.63 bits per heavy atom. The van der Waals surface area contributed by atoms with Crippen LogP contribution in [0, 0.1) is 13.8 Å². The minimum atomic E-state index is -0.203. The van der Waals surface area contributed by atoms with E-state index in [-0.39, 0.29) is 11.9 Å². The number of likely N-dealkylation sites (N-methyl/N-ethyl adjacent to an activating group) is 1. The lowest BCUT2D eigenvalue weighted by Crippen LogP contribution is -2.42. The molecule has 1 amide bonds. The summed E-state index contributed by atoms with van der Waals surface area (Å²) in [7, 11) is 1.81. The van der Waals surface area contributed by atoms with Crippen LogP contribution in [0.5, 0.6) is 0 Å². The van der Waals surface area contributed by atoms with Crippen LogP contribution in [0.15, 0.2) is 72.8 Å². The third-order valence-corrected chi connectivity index (χ3v) is 5.03. The molecule has 0 saturated heterocycles. The lowest BCUT2D eigenvalue weighted by molar-refractivity contribution is 0.0761. The second-order valence-corrected chi connectivity index (χ2v) is 7.55. The van der Waals surface area contributed by atoms with Crippen molar-refractivity contribution in [3.8, 4) is 11.1 Å². The lowest BCUT2D eigenvalue weighted by atomic mass is 9.98. The number of amides is 1. The number of aromatic nitrogens is 2. The second-order valence-electron chi connectivity index (χ2n) is 7.55. The van der Waals surface area contributed by atoms with Gasteiger partial charge in [-0.2, -0.15) is 0 Å². The number of carbonyl (C=O) groups excluding carboxylic acids is 1. The lowest BCUT2D eigenvalue weighted by Gasteiger charge is -2.29. The Bertz CT molecular complexity index is 1030. The van der Waals surface area contributed by atoms with E-state index in [9.17, 15) is 4.79 Å². The van der Waals surface area contributed by atoms with E-state index in [4.69, 9.17) is 0 Å². The van der Waals surface area contributed by atoms with E-state index in [1.165, 1.54) is 0 Å². The third-order valence-electron chi connectivity index (χ3n) is 5.03. The monoisotopic (exact) mass is 400 g/mol. The van der Waals surface area contributed by atoms with Crippen molar-refractivity contribution in [3.05, 3.63) is 89.8 Å². The first-order chi connectivity index (χ1) is 14.4. The summed E-state index contributed by atoms with van der Waals surface area (Å²) in [6, 6.07) is 19.4. The minimum Gasteiger partial charge on any atom is -0.352 e. The van der Waals surface area contributed by atoms with Crippen molar-refractivity contribution in [2.75, 3.05) is 18.9 Å². The van der Waals surface area contributed by atoms with Crippen LogP contribution in [0.1, 0.15) is 28.7 Å². The predicted octanol–water partition coefficient (Wildman–Crippen LogP) is 4.89. The third kappa shape index (κ3) is 4.92. The van der Waals surface area contributed by atoms with Crippen LogP contribution >= 0.6 is 0 Å². The number of hydrogen-bond acceptors (Lipinski definition) is 4. The molecule has 30 heavy (non-hydrogen) atoms. The van der Waals surface area contributed by atoms with E-state index in [0.717, 1.165) is 28.1 Å². The molecule has 0 fully saturated rings. The molecular weight excluding hydrogens is 372 g/mol. The molecule has 0 bridgehead atoms. The number of rotatable bonds is 7. The van der Waals surface area contributed by atoms with Crippen molar-refractivity contribution in [2.45, 2.75) is 26.8 Å². The number of anilines is 1. The fourth-order valence-electron chi connectivity index (χ4n) is 3.51. The van der Waals surface area contributed by atoms with E-state index in [0.29, 0.717) is 18.1 Å². The Morgan fingerprint density at radius 3 is 2.27 bits per heavy atom. The first-order valence-electron chi connectivity index (χ1n) is 10.00. The van der Waals surface area contributed by atoms with Gasteiger partial charge < -0.3 is 10.2 Å². The van der Waals surface area contributed by atoms with E-state index in [2.05, 4.69) is 21.9 Å². The summed E-state index contributed by atoms with van der Waals surface area (Å²) in [5, 5.41) is 3.26. The van der Waals surface area contributed by atoms with E-state index in [1.54, 1.807) is 4.90 Å². The average molecular weight is 401 g/mol. The van der Waals surface area contributed by atoms with E-state index >= 15 is 0 Å². The van der Waals surface area contributed by atoms with Gasteiger partial charge in [0.15, 0.2) is 0 Å². The fourth-order valence-corrected chi connectivity index (χ4v) is 3.51. The Kier molecular flexibility index (Phi) is 6.62. The standard InChI is InChI=1S/C25H28N4O/c1-17(2)23(16-26-25-27-18(3)15-19(4)28-25)29(5)24(30)22-14-10-9-13-21(22)20-11-7-6-8-12-20/h6-15,23H,1,16H2,2-5H3,(H,26,27,28)/t23-/m1/s1. The molecule has 0 radical (unpaired) electrons. The minimum absolute atomic E-state index is 0.0504. The molecule has 1 atom stereocenters. The van der Waals surface area contributed by atoms with Gasteiger partial charge in [-0.05, 0) is 44.0 Å². The van der Waals surface area contributed by atoms with Crippen LogP contribution in [0.3, 0.4) is 0 Å². The van der Waals surface area contributed by atoms with E-state index < -0.39 is 0 Å². The summed E-state index contributed by atoms with van der Waals surface area (Å²) in [6.07, 6.45) is 0. The number of aryl methyl sites for hydroxylation is 2. The first-order valence-corrected chi connectivity index (χ1v) is 10.00. The van der Waals surface area contributed by atoms with Gasteiger partial charge >= 0.3 is 0 Å². The highest BCUT2D eigenvalue weighted by Crippen LogP contribution is 2.25. The zero-order valence-electron chi connectivity index (χ0n) is 18.0. The van der Waals surface area contributed by atoms with Gasteiger partial charge in [-0.3, -0.25) is 4.79 Å². The molecule has 1 heterocycles. The number of nitrogens with zero attached hydrogens (tertiary/aromatic N) is 3. The summed E-state index contributed by atoms with van der Waals surface area (Å²) in [4.78, 5) is 24.0. The maximum atomic E-state index is 13.4. The number of carbonyl (C=O) groups is 1. The van der Waals surface area contributed by atoms with E-state index in [1.807, 2.05) is 88.5 Å². The quantitative estimate of drug-likeness (QED) is 0.574. The molecule has 5 heteroatoms. The largest absolute Gasteiger partial charge is 0.352 e. The molecule has 2 aromatic carbocycles. The Balaban J connectivity index is 1.83. The fraction of sp³-hybridized carbons (Fsp3) is 0.240. The van der Waals surface area contributed by atoms with Gasteiger partial charge in [0.1, 0.15) is 0 Å². The number of benzene rings is 2. The van der Waals surface area contributed by atoms with Crippen molar-refractivity contribution in [1.82, 2.24) is 14.9 Å². The smallest absolute Gasteiger partial charge is 0.254 e. The highest BCUT2D eigenvalue weighted by atomic mass is 16.2. The molecule has 0 aliphatic carbocycles. The molecule has 0 aliphatic rings. The van der Waals surface area contributed by atoms with Crippen LogP contribution in [-0.4, -0.2) is 40.4 Å². The molecule has 1 N–H and O–H groups in total. The van der Waals surface area contributed by atoms with Gasteiger partial charge in [0.2, 0.25) is 5.95 Å². The SMILES string of the molecule is C=C(C)[C@@H](CNc1nc(C)cc(C)n1)N(C)C(=O)c1ccccc1-c1ccccc1. The Labute approximate surface area is 178 Å². The molecule has 154 valence electrons. The zero-order valence-corrected chi connectivity index (χ0v) is 18.0. The van der Waals surface area contributed by atoms with Crippen LogP contribution < -0.4 is 5.32 Å². The normalized spacial score (nSPS) is 11.6. The second kappa shape index (κ2) is 9.35. The van der Waals surface area contributed by atoms with Crippen molar-refractivity contribution in [1.29, 1.82) is 0 Å². The molecule has 1 aromatic heterocycles. The van der Waals surface area contributed by atoms with Crippen molar-refractivity contribution >= 4 is 11.9 Å². The zero-order chi connectivity index (χ0) is 21.7. The van der Waals surface area contributed by atoms with Crippen LogP contribution in [0.25, 0.3) is 11.1 Å². The highest BCUT2D eigenvalue weighted by molar-refractivity contribution is 6.01. The Morgan fingerprint density at radius 1 is 1.03 bits per heavy atom. The molecule has 0 unspecified atom stereocenters. The van der Waals surface area contributed by atoms with Crippen molar-refractivity contribution < 1.29 is 4.79 Å². The molecule has 5 nitrogen and oxygen atoms in total. The maximum Gasteiger partial charge on any atom is 0.254 e. The molecule has 3 aromatic rings. The first kappa shape index (κ1) is 21.2. The summed E-state index contributed by atoms with van der Waals surface area (Å²) in [5.41, 5.74) is 5.29. The highest BCUT2D eigenvalue weighted by Gasteiger charge is 2.24. The van der Waals surface area contributed by atoms with Gasteiger partial charge in [0.05, 0.1) is 6.04 Å². The molecule has 0 saturated carbocycles. The average Bonchev–Trinajstić information content (AvgIpc) is 2.73. The van der Waals surface area contributed by atoms with Gasteiger partial charge in [-0.25, -0.2) is 9.97 Å². The summed E-state index contributed by atoms with van der Waals surface area (Å²) < 4.78 is 0. The molecule has 0 spiro atoms. The number of nitrogens with one attached hydrogen (secondary N) is 1. The summed E-state index contributed by atoms with van der Waals surface area (Å²) in [5.74, 6) is 0.509. The van der Waals surface area contributed by atoms with Gasteiger partial charge in [0.25, 0.3) is 5.91 Å². The van der Waals surface area contributed by atoms with Crippen LogP contribution in [0.4, 0.5) is 5.95 Å². The van der Waals surface area contributed by atoms with Crippen molar-refractivity contribution in [3.63, 3.8) is 0 Å². The predicted molar refractivity (Wildman–Crippen MR) is 123 cm³/mol. The molecule has 0 aliphatic heterocycles. The Hall–Kier alpha value is -3.47. The number of hydrogen-bond donors (Lipinski definition) is 1. The van der Waals surface area contributed by atoms with Crippen molar-refractivity contribution in [2.24, 2.45) is 0 Å². The van der Waals surface area contributed by atoms with Gasteiger partial charge in [0, 0.05) is 30.5 Å². The van der Waals surface area contributed by atoms with Crippen LogP contribution in [-0.2, 0) is 0 Å². The molecule has 3 rings (SSSR count). The summed E-state index contributed by atoms with van der Waals surface area (Å²) in [6.45, 7) is 10.4.